The van der Waals surface area contributed by atoms with Crippen molar-refractivity contribution in [1.29, 1.82) is 0 Å². The van der Waals surface area contributed by atoms with Gasteiger partial charge in [-0.1, -0.05) is 0 Å². The SMILES string of the molecule is COc1nn(C)c2ncc(Nc3nc(N[C@H](C4CC4)[C@H](C)N)c(F)cc3C(N)=O)cc12. The molecular formula is C20H25FN8O2. The van der Waals surface area contributed by atoms with E-state index in [2.05, 4.69) is 25.7 Å². The molecule has 0 radical (unpaired) electrons. The maximum absolute atomic E-state index is 14.7. The van der Waals surface area contributed by atoms with Gasteiger partial charge < -0.3 is 26.8 Å². The molecule has 11 heteroatoms. The fraction of sp³-hybridized carbons (Fsp3) is 0.400. The normalized spacial score (nSPS) is 15.5. The molecular weight excluding hydrogens is 403 g/mol. The van der Waals surface area contributed by atoms with Gasteiger partial charge in [0.2, 0.25) is 5.88 Å². The first-order valence-electron chi connectivity index (χ1n) is 9.94. The Labute approximate surface area is 178 Å². The number of anilines is 3. The Morgan fingerprint density at radius 3 is 2.71 bits per heavy atom. The Hall–Kier alpha value is -3.47. The topological polar surface area (TPSA) is 146 Å². The van der Waals surface area contributed by atoms with Gasteiger partial charge >= 0.3 is 0 Å². The summed E-state index contributed by atoms with van der Waals surface area (Å²) >= 11 is 0. The summed E-state index contributed by atoms with van der Waals surface area (Å²) in [5.74, 6) is -0.581. The number of hydrogen-bond donors (Lipinski definition) is 4. The number of pyridine rings is 2. The van der Waals surface area contributed by atoms with Gasteiger partial charge in [-0.05, 0) is 37.8 Å². The van der Waals surface area contributed by atoms with Crippen LogP contribution in [0.5, 0.6) is 5.88 Å². The maximum atomic E-state index is 14.7. The van der Waals surface area contributed by atoms with Crippen molar-refractivity contribution >= 4 is 34.3 Å². The van der Waals surface area contributed by atoms with E-state index in [1.54, 1.807) is 24.0 Å². The van der Waals surface area contributed by atoms with Gasteiger partial charge in [-0.3, -0.25) is 4.79 Å². The Morgan fingerprint density at radius 1 is 1.35 bits per heavy atom. The van der Waals surface area contributed by atoms with Crippen LogP contribution in [-0.4, -0.2) is 44.8 Å². The van der Waals surface area contributed by atoms with E-state index in [9.17, 15) is 9.18 Å². The van der Waals surface area contributed by atoms with Crippen LogP contribution in [0.25, 0.3) is 11.0 Å². The molecule has 0 saturated heterocycles. The largest absolute Gasteiger partial charge is 0.479 e. The molecule has 2 atom stereocenters. The van der Waals surface area contributed by atoms with E-state index in [0.717, 1.165) is 18.9 Å². The minimum absolute atomic E-state index is 0.00898. The molecule has 1 amide bonds. The second-order valence-electron chi connectivity index (χ2n) is 7.80. The number of carbonyl (C=O) groups excluding carboxylic acids is 1. The Bertz CT molecular complexity index is 1140. The van der Waals surface area contributed by atoms with Crippen molar-refractivity contribution in [1.82, 2.24) is 19.7 Å². The van der Waals surface area contributed by atoms with Crippen LogP contribution in [0.15, 0.2) is 18.3 Å². The number of aryl methyl sites for hydroxylation is 1. The molecule has 3 aromatic heterocycles. The molecule has 0 aromatic carbocycles. The first-order chi connectivity index (χ1) is 14.8. The predicted octanol–water partition coefficient (Wildman–Crippen LogP) is 1.89. The van der Waals surface area contributed by atoms with Gasteiger partial charge in [-0.25, -0.2) is 19.0 Å². The van der Waals surface area contributed by atoms with Crippen molar-refractivity contribution in [3.63, 3.8) is 0 Å². The van der Waals surface area contributed by atoms with Gasteiger partial charge in [0.05, 0.1) is 29.9 Å². The number of rotatable bonds is 8. The van der Waals surface area contributed by atoms with E-state index in [1.807, 2.05) is 6.92 Å². The molecule has 3 heterocycles. The van der Waals surface area contributed by atoms with Crippen LogP contribution in [0, 0.1) is 11.7 Å². The Balaban J connectivity index is 1.71. The van der Waals surface area contributed by atoms with E-state index in [-0.39, 0.29) is 29.3 Å². The summed E-state index contributed by atoms with van der Waals surface area (Å²) in [5, 5.41) is 11.0. The highest BCUT2D eigenvalue weighted by Crippen LogP contribution is 2.36. The van der Waals surface area contributed by atoms with Crippen LogP contribution in [0.3, 0.4) is 0 Å². The molecule has 0 unspecified atom stereocenters. The van der Waals surface area contributed by atoms with E-state index >= 15 is 0 Å². The predicted molar refractivity (Wildman–Crippen MR) is 115 cm³/mol. The molecule has 1 saturated carbocycles. The number of aromatic nitrogens is 4. The lowest BCUT2D eigenvalue weighted by molar-refractivity contribution is 0.100. The third-order valence-electron chi connectivity index (χ3n) is 5.34. The van der Waals surface area contributed by atoms with Crippen LogP contribution in [0.1, 0.15) is 30.1 Å². The van der Waals surface area contributed by atoms with Crippen LogP contribution in [-0.2, 0) is 7.05 Å². The summed E-state index contributed by atoms with van der Waals surface area (Å²) in [6.07, 6.45) is 3.62. The zero-order valence-corrected chi connectivity index (χ0v) is 17.5. The molecule has 1 fully saturated rings. The van der Waals surface area contributed by atoms with Crippen molar-refractivity contribution in [3.05, 3.63) is 29.7 Å². The number of nitrogens with zero attached hydrogens (tertiary/aromatic N) is 4. The number of methoxy groups -OCH3 is 1. The molecule has 1 aliphatic rings. The summed E-state index contributed by atoms with van der Waals surface area (Å²) in [4.78, 5) is 20.6. The standard InChI is InChI=1S/C20H25FN8O2/c1-9(22)15(10-4-5-10)26-18-14(21)7-12(16(23)30)17(27-18)25-11-6-13-19(24-8-11)29(2)28-20(13)31-3/h6-10,15H,4-5,22H2,1-3H3,(H2,23,30)(H2,25,26,27)/t9-,15-/m0/s1. The first-order valence-corrected chi connectivity index (χ1v) is 9.94. The third-order valence-corrected chi connectivity index (χ3v) is 5.34. The van der Waals surface area contributed by atoms with E-state index < -0.39 is 11.7 Å². The smallest absolute Gasteiger partial charge is 0.252 e. The van der Waals surface area contributed by atoms with Crippen molar-refractivity contribution in [3.8, 4) is 5.88 Å². The second kappa shape index (κ2) is 7.99. The number of carbonyl (C=O) groups is 1. The van der Waals surface area contributed by atoms with E-state index in [0.29, 0.717) is 28.5 Å². The highest BCUT2D eigenvalue weighted by molar-refractivity contribution is 5.99. The Morgan fingerprint density at radius 2 is 2.10 bits per heavy atom. The number of amides is 1. The van der Waals surface area contributed by atoms with Crippen molar-refractivity contribution in [2.24, 2.45) is 24.4 Å². The number of nitrogens with one attached hydrogen (secondary N) is 2. The van der Waals surface area contributed by atoms with Crippen LogP contribution < -0.4 is 26.8 Å². The van der Waals surface area contributed by atoms with E-state index in [1.165, 1.54) is 7.11 Å². The minimum atomic E-state index is -0.806. The van der Waals surface area contributed by atoms with Gasteiger partial charge in [0.15, 0.2) is 17.3 Å². The molecule has 164 valence electrons. The van der Waals surface area contributed by atoms with Gasteiger partial charge in [0, 0.05) is 19.1 Å². The molecule has 10 nitrogen and oxygen atoms in total. The van der Waals surface area contributed by atoms with Crippen LogP contribution in [0.2, 0.25) is 0 Å². The van der Waals surface area contributed by atoms with Gasteiger partial charge in [0.1, 0.15) is 5.82 Å². The van der Waals surface area contributed by atoms with Crippen LogP contribution in [0.4, 0.5) is 21.7 Å². The zero-order valence-electron chi connectivity index (χ0n) is 17.5. The minimum Gasteiger partial charge on any atom is -0.479 e. The molecule has 0 bridgehead atoms. The summed E-state index contributed by atoms with van der Waals surface area (Å²) in [6.45, 7) is 1.87. The quantitative estimate of drug-likeness (QED) is 0.425. The summed E-state index contributed by atoms with van der Waals surface area (Å²) < 4.78 is 21.6. The molecule has 1 aliphatic carbocycles. The third kappa shape index (κ3) is 4.08. The lowest BCUT2D eigenvalue weighted by atomic mass is 10.1. The van der Waals surface area contributed by atoms with Crippen LogP contribution >= 0.6 is 0 Å². The number of hydrogen-bond acceptors (Lipinski definition) is 8. The van der Waals surface area contributed by atoms with E-state index in [4.69, 9.17) is 16.2 Å². The molecule has 6 N–H and O–H groups in total. The second-order valence-corrected chi connectivity index (χ2v) is 7.80. The number of ether oxygens (including phenoxy) is 1. The maximum Gasteiger partial charge on any atom is 0.252 e. The Kier molecular flexibility index (Phi) is 5.36. The lowest BCUT2D eigenvalue weighted by Crippen LogP contribution is -2.40. The molecule has 0 spiro atoms. The highest BCUT2D eigenvalue weighted by atomic mass is 19.1. The van der Waals surface area contributed by atoms with Crippen molar-refractivity contribution < 1.29 is 13.9 Å². The average molecular weight is 428 g/mol. The summed E-state index contributed by atoms with van der Waals surface area (Å²) in [5.41, 5.74) is 12.6. The molecule has 0 aliphatic heterocycles. The number of primary amides is 1. The average Bonchev–Trinajstić information content (AvgIpc) is 3.51. The number of nitrogens with two attached hydrogens (primary N) is 2. The molecule has 3 aromatic rings. The van der Waals surface area contributed by atoms with Gasteiger partial charge in [0.25, 0.3) is 5.91 Å². The fourth-order valence-corrected chi connectivity index (χ4v) is 3.63. The zero-order chi connectivity index (χ0) is 22.3. The fourth-order valence-electron chi connectivity index (χ4n) is 3.63. The van der Waals surface area contributed by atoms with Crippen molar-refractivity contribution in [2.45, 2.75) is 31.8 Å². The van der Waals surface area contributed by atoms with Gasteiger partial charge in [-0.15, -0.1) is 5.10 Å². The summed E-state index contributed by atoms with van der Waals surface area (Å²) in [7, 11) is 3.27. The molecule has 31 heavy (non-hydrogen) atoms. The number of halogens is 1. The number of fused-ring (bicyclic) bond motifs is 1. The van der Waals surface area contributed by atoms with Gasteiger partial charge in [-0.2, -0.15) is 0 Å². The lowest BCUT2D eigenvalue weighted by Gasteiger charge is -2.23. The molecule has 4 rings (SSSR count). The summed E-state index contributed by atoms with van der Waals surface area (Å²) in [6, 6.07) is 2.52. The highest BCUT2D eigenvalue weighted by Gasteiger charge is 2.34. The first kappa shape index (κ1) is 20.8. The van der Waals surface area contributed by atoms with Crippen molar-refractivity contribution in [2.75, 3.05) is 17.7 Å². The monoisotopic (exact) mass is 428 g/mol.